The number of piperidine rings is 1. The van der Waals surface area contributed by atoms with Gasteiger partial charge in [-0.25, -0.2) is 5.21 Å². The highest BCUT2D eigenvalue weighted by molar-refractivity contribution is 6.31. The summed E-state index contributed by atoms with van der Waals surface area (Å²) in [6.45, 7) is 1.48. The molecule has 0 saturated carbocycles. The van der Waals surface area contributed by atoms with Gasteiger partial charge >= 0.3 is 5.56 Å². The van der Waals surface area contributed by atoms with Crippen molar-refractivity contribution in [2.24, 2.45) is 13.0 Å². The lowest BCUT2D eigenvalue weighted by Crippen LogP contribution is -3.00. The second kappa shape index (κ2) is 6.95. The number of carbonyl (C=O) groups excluding carboxylic acids is 1. The summed E-state index contributed by atoms with van der Waals surface area (Å²) in [5.74, 6) is 0.100. The summed E-state index contributed by atoms with van der Waals surface area (Å²) in [6, 6.07) is 8.61. The normalized spacial score (nSPS) is 21.5. The average Bonchev–Trinajstić information content (AvgIpc) is 3.03. The number of hydrogen-bond acceptors (Lipinski definition) is 4. The van der Waals surface area contributed by atoms with Crippen molar-refractivity contribution < 1.29 is 15.2 Å². The average molecular weight is 429 g/mol. The Balaban J connectivity index is 1.48. The molecule has 5 rings (SSSR count). The molecule has 2 N–H and O–H groups in total. The van der Waals surface area contributed by atoms with Gasteiger partial charge in [0.05, 0.1) is 11.1 Å². The van der Waals surface area contributed by atoms with E-state index in [2.05, 4.69) is 0 Å². The van der Waals surface area contributed by atoms with Crippen molar-refractivity contribution in [3.63, 3.8) is 0 Å². The third kappa shape index (κ3) is 2.95. The van der Waals surface area contributed by atoms with Gasteiger partial charge in [0, 0.05) is 61.0 Å². The molecule has 2 aliphatic heterocycles. The predicted octanol–water partition coefficient (Wildman–Crippen LogP) is 1.66. The summed E-state index contributed by atoms with van der Waals surface area (Å²) < 4.78 is 3.49. The first kappa shape index (κ1) is 19.3. The minimum atomic E-state index is -1.21. The van der Waals surface area contributed by atoms with Crippen LogP contribution in [0.2, 0.25) is 5.02 Å². The maximum Gasteiger partial charge on any atom is 0.315 e. The van der Waals surface area contributed by atoms with E-state index in [0.29, 0.717) is 30.2 Å². The Morgan fingerprint density at radius 2 is 2.03 bits per heavy atom. The number of hydrogen-bond donors (Lipinski definition) is 2. The van der Waals surface area contributed by atoms with Crippen molar-refractivity contribution in [2.75, 3.05) is 13.1 Å². The van der Waals surface area contributed by atoms with Crippen LogP contribution in [-0.4, -0.2) is 38.2 Å². The maximum absolute atomic E-state index is 13.4. The summed E-state index contributed by atoms with van der Waals surface area (Å²) >= 11 is 6.11. The monoisotopic (exact) mass is 428 g/mol. The SMILES string of the molecule is Cn1cc(C(=O)N2CC3CC(C2)c2ccc([NH+]([O-])O)c(=O)n2C3)c2ccc(Cl)cc21. The fraction of sp³-hybridized carbons (Fsp3) is 0.333. The number of rotatable bonds is 2. The molecule has 2 bridgehead atoms. The fourth-order valence-corrected chi connectivity index (χ4v) is 5.14. The third-order valence-corrected chi connectivity index (χ3v) is 6.54. The highest BCUT2D eigenvalue weighted by Gasteiger charge is 2.37. The molecule has 1 fully saturated rings. The molecule has 3 aromatic rings. The quantitative estimate of drug-likeness (QED) is 0.607. The van der Waals surface area contributed by atoms with Crippen molar-refractivity contribution in [3.8, 4) is 0 Å². The van der Waals surface area contributed by atoms with Gasteiger partial charge in [-0.05, 0) is 30.5 Å². The van der Waals surface area contributed by atoms with Crippen LogP contribution in [0.25, 0.3) is 10.9 Å². The van der Waals surface area contributed by atoms with Gasteiger partial charge in [-0.3, -0.25) is 9.59 Å². The summed E-state index contributed by atoms with van der Waals surface area (Å²) in [7, 11) is 1.89. The molecule has 0 aliphatic carbocycles. The number of halogens is 1. The number of nitrogens with one attached hydrogen (secondary N) is 1. The number of amides is 1. The fourth-order valence-electron chi connectivity index (χ4n) is 4.97. The van der Waals surface area contributed by atoms with E-state index in [1.165, 1.54) is 6.07 Å². The van der Waals surface area contributed by atoms with Crippen LogP contribution in [0, 0.1) is 11.1 Å². The number of carbonyl (C=O) groups is 1. The van der Waals surface area contributed by atoms with Crippen LogP contribution in [0.15, 0.2) is 41.3 Å². The minimum absolute atomic E-state index is 0.0152. The van der Waals surface area contributed by atoms with Crippen LogP contribution >= 0.6 is 11.6 Å². The Labute approximate surface area is 177 Å². The zero-order valence-electron chi connectivity index (χ0n) is 16.3. The molecule has 3 atom stereocenters. The number of fused-ring (bicyclic) bond motifs is 5. The van der Waals surface area contributed by atoms with Crippen LogP contribution in [0.3, 0.4) is 0 Å². The minimum Gasteiger partial charge on any atom is -0.595 e. The van der Waals surface area contributed by atoms with Crippen molar-refractivity contribution in [2.45, 2.75) is 18.9 Å². The first-order chi connectivity index (χ1) is 14.3. The van der Waals surface area contributed by atoms with Crippen molar-refractivity contribution >= 4 is 34.1 Å². The summed E-state index contributed by atoms with van der Waals surface area (Å²) in [5.41, 5.74) is 1.69. The Kier molecular flexibility index (Phi) is 4.48. The lowest BCUT2D eigenvalue weighted by molar-refractivity contribution is -0.992. The van der Waals surface area contributed by atoms with E-state index in [4.69, 9.17) is 11.6 Å². The van der Waals surface area contributed by atoms with E-state index >= 15 is 0 Å². The first-order valence-corrected chi connectivity index (χ1v) is 10.2. The van der Waals surface area contributed by atoms with Crippen molar-refractivity contribution in [1.82, 2.24) is 14.0 Å². The standard InChI is InChI=1S/C21H21ClN4O4/c1-23-11-16(15-3-2-14(22)7-19(15)23)20(27)24-8-12-6-13(10-24)17-4-5-18(26(29)30)21(28)25(17)9-12/h2-5,7,11-13,26,29H,6,8-10H2,1H3. The zero-order valence-corrected chi connectivity index (χ0v) is 17.1. The molecule has 0 spiro atoms. The summed E-state index contributed by atoms with van der Waals surface area (Å²) in [5, 5.41) is 20.8. The number of quaternary nitrogens is 1. The van der Waals surface area contributed by atoms with E-state index in [9.17, 15) is 20.0 Å². The Hall–Kier alpha value is -2.65. The Morgan fingerprint density at radius 1 is 1.23 bits per heavy atom. The molecule has 4 heterocycles. The van der Waals surface area contributed by atoms with Gasteiger partial charge in [0.25, 0.3) is 5.91 Å². The highest BCUT2D eigenvalue weighted by atomic mass is 35.5. The number of aromatic nitrogens is 2. The second-order valence-electron chi connectivity index (χ2n) is 8.22. The molecule has 3 unspecified atom stereocenters. The first-order valence-electron chi connectivity index (χ1n) is 9.84. The smallest absolute Gasteiger partial charge is 0.315 e. The van der Waals surface area contributed by atoms with E-state index in [-0.39, 0.29) is 23.4 Å². The zero-order chi connectivity index (χ0) is 21.2. The van der Waals surface area contributed by atoms with Crippen molar-refractivity contribution in [3.05, 3.63) is 68.4 Å². The van der Waals surface area contributed by atoms with E-state index in [0.717, 1.165) is 23.0 Å². The predicted molar refractivity (Wildman–Crippen MR) is 111 cm³/mol. The molecular formula is C21H21ClN4O4. The number of pyridine rings is 1. The maximum atomic E-state index is 13.4. The molecule has 2 aromatic heterocycles. The topological polar surface area (TPSA) is 95.0 Å². The van der Waals surface area contributed by atoms with Crippen molar-refractivity contribution in [1.29, 1.82) is 0 Å². The summed E-state index contributed by atoms with van der Waals surface area (Å²) in [4.78, 5) is 27.8. The molecule has 30 heavy (non-hydrogen) atoms. The molecule has 0 radical (unpaired) electrons. The van der Waals surface area contributed by atoms with Gasteiger partial charge in [0.15, 0.2) is 0 Å². The van der Waals surface area contributed by atoms with E-state index < -0.39 is 10.8 Å². The van der Waals surface area contributed by atoms with Gasteiger partial charge in [-0.15, -0.1) is 0 Å². The van der Waals surface area contributed by atoms with E-state index in [1.54, 1.807) is 16.7 Å². The highest BCUT2D eigenvalue weighted by Crippen LogP contribution is 2.36. The largest absolute Gasteiger partial charge is 0.595 e. The molecule has 8 nitrogen and oxygen atoms in total. The third-order valence-electron chi connectivity index (χ3n) is 6.30. The number of benzene rings is 1. The number of nitrogens with zero attached hydrogens (tertiary/aromatic N) is 3. The van der Waals surface area contributed by atoms with Crippen LogP contribution < -0.4 is 10.8 Å². The molecule has 1 amide bonds. The number of aryl methyl sites for hydroxylation is 1. The lowest BCUT2D eigenvalue weighted by atomic mass is 9.83. The van der Waals surface area contributed by atoms with Crippen LogP contribution in [0.5, 0.6) is 0 Å². The Morgan fingerprint density at radius 3 is 2.80 bits per heavy atom. The molecule has 2 aliphatic rings. The molecule has 156 valence electrons. The van der Waals surface area contributed by atoms with Crippen LogP contribution in [0.4, 0.5) is 5.69 Å². The van der Waals surface area contributed by atoms with Gasteiger partial charge in [-0.1, -0.05) is 17.7 Å². The van der Waals surface area contributed by atoms with Gasteiger partial charge < -0.3 is 19.2 Å². The number of likely N-dealkylation sites (tertiary alicyclic amines) is 1. The van der Waals surface area contributed by atoms with Gasteiger partial charge in [0.2, 0.25) is 5.69 Å². The van der Waals surface area contributed by atoms with Crippen LogP contribution in [-0.2, 0) is 13.6 Å². The molecular weight excluding hydrogens is 408 g/mol. The Bertz CT molecular complexity index is 1230. The molecule has 1 aromatic carbocycles. The van der Waals surface area contributed by atoms with Gasteiger partial charge in [-0.2, -0.15) is 5.23 Å². The van der Waals surface area contributed by atoms with Gasteiger partial charge in [0.1, 0.15) is 0 Å². The van der Waals surface area contributed by atoms with E-state index in [1.807, 2.05) is 34.8 Å². The van der Waals surface area contributed by atoms with Crippen LogP contribution in [0.1, 0.15) is 28.4 Å². The second-order valence-corrected chi connectivity index (χ2v) is 8.65. The lowest BCUT2D eigenvalue weighted by Gasteiger charge is -2.42. The molecule has 9 heteroatoms. The molecule has 1 saturated heterocycles. The summed E-state index contributed by atoms with van der Waals surface area (Å²) in [6.07, 6.45) is 2.73.